The predicted molar refractivity (Wildman–Crippen MR) is 211 cm³/mol. The van der Waals surface area contributed by atoms with Crippen molar-refractivity contribution in [2.24, 2.45) is 39.7 Å². The van der Waals surface area contributed by atoms with E-state index in [2.05, 4.69) is 16.0 Å². The van der Waals surface area contributed by atoms with Crippen LogP contribution in [0, 0.1) is 34.0 Å². The summed E-state index contributed by atoms with van der Waals surface area (Å²) in [6.07, 6.45) is 2.12. The molecule has 1 aliphatic heterocycles. The zero-order chi connectivity index (χ0) is 40.9. The number of rotatable bonds is 15. The van der Waals surface area contributed by atoms with E-state index in [1.54, 1.807) is 23.9 Å². The number of nitrogens with one attached hydrogen (secondary N) is 3. The van der Waals surface area contributed by atoms with E-state index >= 15 is 0 Å². The van der Waals surface area contributed by atoms with Crippen molar-refractivity contribution in [3.63, 3.8) is 0 Å². The number of fused-ring (bicyclic) bond motifs is 1. The summed E-state index contributed by atoms with van der Waals surface area (Å²) >= 11 is 0. The number of nitrogens with two attached hydrogens (primary N) is 1. The minimum absolute atomic E-state index is 0.0446. The lowest BCUT2D eigenvalue weighted by Gasteiger charge is -2.39. The second kappa shape index (κ2) is 15.1. The first-order valence-electron chi connectivity index (χ1n) is 19.3. The average molecular weight is 762 g/mol. The Kier molecular flexibility index (Phi) is 11.3. The SMILES string of the molecule is CN(Cc1ccccc1)c1c(N(C)C[C@@H](NC(=O)N[C@H](C(=O)N2C[C@H]3[C@@H]([C@H]2C(=O)NC(CC2CC2)C(=O)C(N)=O)C3(C)C)C(C)(C)C)C(C)(C)C)c(=O)c1=O. The van der Waals surface area contributed by atoms with E-state index in [-0.39, 0.29) is 35.4 Å². The molecule has 300 valence electrons. The number of primary amides is 1. The molecular weight excluding hydrogens is 702 g/mol. The molecule has 0 bridgehead atoms. The first-order chi connectivity index (χ1) is 25.4. The van der Waals surface area contributed by atoms with Crippen LogP contribution in [0.15, 0.2) is 39.9 Å². The van der Waals surface area contributed by atoms with Crippen molar-refractivity contribution in [1.82, 2.24) is 20.9 Å². The van der Waals surface area contributed by atoms with Crippen molar-refractivity contribution in [3.05, 3.63) is 56.3 Å². The van der Waals surface area contributed by atoms with Crippen molar-refractivity contribution in [2.75, 3.05) is 37.0 Å². The highest BCUT2D eigenvalue weighted by atomic mass is 16.2. The van der Waals surface area contributed by atoms with Crippen LogP contribution in [-0.4, -0.2) is 85.8 Å². The third-order valence-corrected chi connectivity index (χ3v) is 12.0. The van der Waals surface area contributed by atoms with E-state index in [0.717, 1.165) is 18.4 Å². The number of Topliss-reactive ketones (excluding diaryl/α,β-unsaturated/α-hetero) is 1. The molecule has 14 nitrogen and oxygen atoms in total. The first kappa shape index (κ1) is 41.4. The second-order valence-corrected chi connectivity index (χ2v) is 18.8. The summed E-state index contributed by atoms with van der Waals surface area (Å²) in [5.41, 5.74) is 4.26. The van der Waals surface area contributed by atoms with Crippen LogP contribution in [0.2, 0.25) is 0 Å². The van der Waals surface area contributed by atoms with Crippen LogP contribution in [0.5, 0.6) is 0 Å². The van der Waals surface area contributed by atoms with Gasteiger partial charge in [-0.3, -0.25) is 28.8 Å². The molecule has 0 spiro atoms. The number of urea groups is 1. The maximum atomic E-state index is 14.5. The number of ketones is 1. The van der Waals surface area contributed by atoms with Crippen molar-refractivity contribution >= 4 is 40.9 Å². The zero-order valence-electron chi connectivity index (χ0n) is 33.9. The smallest absolute Gasteiger partial charge is 0.315 e. The van der Waals surface area contributed by atoms with Crippen LogP contribution in [0.25, 0.3) is 0 Å². The summed E-state index contributed by atoms with van der Waals surface area (Å²) < 4.78 is 0. The van der Waals surface area contributed by atoms with Crippen LogP contribution >= 0.6 is 0 Å². The number of carbonyl (C=O) groups is 5. The van der Waals surface area contributed by atoms with Gasteiger partial charge in [0.05, 0.1) is 12.1 Å². The fourth-order valence-electron chi connectivity index (χ4n) is 8.22. The number of piperidine rings is 1. The van der Waals surface area contributed by atoms with Gasteiger partial charge in [0.25, 0.3) is 16.8 Å². The molecule has 6 atom stereocenters. The topological polar surface area (TPSA) is 191 Å². The molecular formula is C41H59N7O7. The van der Waals surface area contributed by atoms with Gasteiger partial charge in [0.15, 0.2) is 0 Å². The summed E-state index contributed by atoms with van der Waals surface area (Å²) in [5.74, 6) is -2.80. The number of hydrogen-bond acceptors (Lipinski definition) is 9. The quantitative estimate of drug-likeness (QED) is 0.197. The van der Waals surface area contributed by atoms with E-state index in [0.29, 0.717) is 25.2 Å². The normalized spacial score (nSPS) is 21.9. The third-order valence-electron chi connectivity index (χ3n) is 12.0. The second-order valence-electron chi connectivity index (χ2n) is 18.8. The van der Waals surface area contributed by atoms with Gasteiger partial charge in [0.2, 0.25) is 17.6 Å². The number of anilines is 2. The van der Waals surface area contributed by atoms with Crippen molar-refractivity contribution in [2.45, 2.75) is 105 Å². The van der Waals surface area contributed by atoms with E-state index in [4.69, 9.17) is 5.73 Å². The fraction of sp³-hybridized carbons (Fsp3) is 0.634. The van der Waals surface area contributed by atoms with Gasteiger partial charge in [-0.05, 0) is 46.0 Å². The molecule has 1 heterocycles. The Morgan fingerprint density at radius 2 is 1.45 bits per heavy atom. The molecule has 3 fully saturated rings. The molecule has 1 unspecified atom stereocenters. The Bertz CT molecular complexity index is 1880. The Hall–Kier alpha value is -4.75. The predicted octanol–water partition coefficient (Wildman–Crippen LogP) is 2.31. The van der Waals surface area contributed by atoms with Gasteiger partial charge in [0, 0.05) is 33.7 Å². The van der Waals surface area contributed by atoms with Crippen molar-refractivity contribution in [3.8, 4) is 0 Å². The third kappa shape index (κ3) is 8.73. The lowest BCUT2D eigenvalue weighted by molar-refractivity contribution is -0.145. The van der Waals surface area contributed by atoms with Gasteiger partial charge in [0.1, 0.15) is 23.5 Å². The van der Waals surface area contributed by atoms with Crippen molar-refractivity contribution in [1.29, 1.82) is 0 Å². The van der Waals surface area contributed by atoms with Gasteiger partial charge in [-0.2, -0.15) is 0 Å². The number of hydrogen-bond donors (Lipinski definition) is 4. The monoisotopic (exact) mass is 761 g/mol. The van der Waals surface area contributed by atoms with Gasteiger partial charge >= 0.3 is 6.03 Å². The minimum Gasteiger partial charge on any atom is -0.367 e. The molecule has 0 radical (unpaired) electrons. The number of benzene rings is 1. The highest BCUT2D eigenvalue weighted by Crippen LogP contribution is 2.65. The van der Waals surface area contributed by atoms with Crippen molar-refractivity contribution < 1.29 is 24.0 Å². The highest BCUT2D eigenvalue weighted by Gasteiger charge is 2.70. The van der Waals surface area contributed by atoms with E-state index in [9.17, 15) is 33.6 Å². The molecule has 2 aromatic carbocycles. The number of likely N-dealkylation sites (N-methyl/N-ethyl adjacent to an activating group) is 1. The zero-order valence-corrected chi connectivity index (χ0v) is 33.9. The lowest BCUT2D eigenvalue weighted by Crippen LogP contribution is -2.62. The standard InChI is InChI=1S/C41H59N7O7/c1-39(2,3)26(21-47(10)30-29(32(50)33(30)51)46(9)19-23-14-12-11-13-15-23)44-38(55)45-34(40(4,5)6)37(54)48-20-24-27(41(24,7)8)28(48)36(53)43-25(18-22-16-17-22)31(49)35(42)52/h11-15,22,24-28,34H,16-21H2,1-10H3,(H2,42,52)(H,43,53)(H2,44,45,55)/t24-,25?,26+,27-,28-,34+/m0/s1. The van der Waals surface area contributed by atoms with Gasteiger partial charge in [-0.1, -0.05) is 98.6 Å². The molecule has 5 N–H and O–H groups in total. The number of nitrogens with zero attached hydrogens (tertiary/aromatic N) is 3. The first-order valence-corrected chi connectivity index (χ1v) is 19.3. The number of likely N-dealkylation sites (tertiary alicyclic amines) is 1. The summed E-state index contributed by atoms with van der Waals surface area (Å²) in [7, 11) is 3.48. The van der Waals surface area contributed by atoms with Crippen LogP contribution in [-0.2, 0) is 25.7 Å². The number of carbonyl (C=O) groups excluding carboxylic acids is 5. The van der Waals surface area contributed by atoms with Crippen LogP contribution in [0.4, 0.5) is 16.2 Å². The van der Waals surface area contributed by atoms with Gasteiger partial charge in [-0.25, -0.2) is 4.79 Å². The largest absolute Gasteiger partial charge is 0.367 e. The van der Waals surface area contributed by atoms with Crippen LogP contribution < -0.4 is 42.3 Å². The summed E-state index contributed by atoms with van der Waals surface area (Å²) in [5, 5.41) is 8.72. The molecule has 0 aromatic heterocycles. The van der Waals surface area contributed by atoms with Gasteiger partial charge in [-0.15, -0.1) is 0 Å². The Labute approximate surface area is 323 Å². The number of amides is 5. The molecule has 2 aromatic rings. The minimum atomic E-state index is -1.11. The molecule has 2 saturated carbocycles. The summed E-state index contributed by atoms with van der Waals surface area (Å²) in [6, 6.07) is 5.49. The van der Waals surface area contributed by atoms with Crippen LogP contribution in [0.1, 0.15) is 80.2 Å². The van der Waals surface area contributed by atoms with E-state index in [1.165, 1.54) is 4.90 Å². The molecule has 2 aliphatic carbocycles. The van der Waals surface area contributed by atoms with E-state index in [1.807, 2.05) is 85.7 Å². The molecule has 5 rings (SSSR count). The molecule has 55 heavy (non-hydrogen) atoms. The summed E-state index contributed by atoms with van der Waals surface area (Å²) in [4.78, 5) is 97.6. The van der Waals surface area contributed by atoms with Gasteiger partial charge < -0.3 is 36.4 Å². The average Bonchev–Trinajstić information content (AvgIpc) is 3.94. The Morgan fingerprint density at radius 1 is 0.873 bits per heavy atom. The molecule has 14 heteroatoms. The highest BCUT2D eigenvalue weighted by molar-refractivity contribution is 6.37. The molecule has 1 saturated heterocycles. The Balaban J connectivity index is 1.31. The fourth-order valence-corrected chi connectivity index (χ4v) is 8.22. The molecule has 3 aliphatic rings. The Morgan fingerprint density at radius 3 is 1.98 bits per heavy atom. The maximum Gasteiger partial charge on any atom is 0.315 e. The molecule has 5 amide bonds. The lowest BCUT2D eigenvalue weighted by atomic mass is 9.84. The van der Waals surface area contributed by atoms with Crippen LogP contribution in [0.3, 0.4) is 0 Å². The maximum absolute atomic E-state index is 14.5. The summed E-state index contributed by atoms with van der Waals surface area (Å²) in [6.45, 7) is 16.4. The van der Waals surface area contributed by atoms with E-state index < -0.39 is 75.4 Å².